The van der Waals surface area contributed by atoms with Gasteiger partial charge < -0.3 is 15.3 Å². The molecule has 0 bridgehead atoms. The van der Waals surface area contributed by atoms with E-state index in [4.69, 9.17) is 9.97 Å². The van der Waals surface area contributed by atoms with Gasteiger partial charge in [0, 0.05) is 28.8 Å². The van der Waals surface area contributed by atoms with Crippen molar-refractivity contribution < 1.29 is 0 Å². The lowest BCUT2D eigenvalue weighted by atomic mass is 9.96. The molecule has 0 amide bonds. The summed E-state index contributed by atoms with van der Waals surface area (Å²) in [6.07, 6.45) is 15.1. The first-order chi connectivity index (χ1) is 18.9. The molecule has 3 fully saturated rings. The summed E-state index contributed by atoms with van der Waals surface area (Å²) in [5, 5.41) is 7.51. The first-order valence-corrected chi connectivity index (χ1v) is 16.5. The van der Waals surface area contributed by atoms with Crippen LogP contribution in [0, 0.1) is 18.8 Å². The van der Waals surface area contributed by atoms with Crippen molar-refractivity contribution in [2.75, 3.05) is 17.8 Å². The normalized spacial score (nSPS) is 31.7. The third-order valence-corrected chi connectivity index (χ3v) is 13.8. The van der Waals surface area contributed by atoms with Gasteiger partial charge in [-0.15, -0.1) is 12.8 Å². The summed E-state index contributed by atoms with van der Waals surface area (Å²) in [7, 11) is -0.485. The largest absolute Gasteiger partial charge is 0.344 e. The van der Waals surface area contributed by atoms with Crippen LogP contribution in [0.25, 0.3) is 33.4 Å². The van der Waals surface area contributed by atoms with Gasteiger partial charge in [-0.1, -0.05) is 31.2 Å². The summed E-state index contributed by atoms with van der Waals surface area (Å²) in [6, 6.07) is 14.6. The van der Waals surface area contributed by atoms with E-state index >= 15 is 0 Å². The molecule has 2 aliphatic heterocycles. The van der Waals surface area contributed by atoms with Gasteiger partial charge in [0.1, 0.15) is 11.6 Å². The maximum absolute atomic E-state index is 5.21. The number of imidazole rings is 2. The van der Waals surface area contributed by atoms with E-state index in [9.17, 15) is 0 Å². The van der Waals surface area contributed by atoms with Gasteiger partial charge in [0.15, 0.2) is 0 Å². The molecule has 39 heavy (non-hydrogen) atoms. The Labute approximate surface area is 232 Å². The predicted octanol–water partition coefficient (Wildman–Crippen LogP) is 5.66. The molecular formula is C32H38N6S. The van der Waals surface area contributed by atoms with E-state index in [0.29, 0.717) is 17.0 Å². The Morgan fingerprint density at radius 2 is 1.87 bits per heavy atom. The minimum Gasteiger partial charge on any atom is -0.344 e. The van der Waals surface area contributed by atoms with Gasteiger partial charge in [-0.25, -0.2) is 20.0 Å². The molecule has 2 saturated heterocycles. The van der Waals surface area contributed by atoms with Crippen molar-refractivity contribution >= 4 is 21.1 Å². The number of H-pyrrole nitrogens is 2. The van der Waals surface area contributed by atoms with Gasteiger partial charge in [0.2, 0.25) is 0 Å². The van der Waals surface area contributed by atoms with Gasteiger partial charge in [0.05, 0.1) is 34.2 Å². The Morgan fingerprint density at radius 1 is 1.08 bits per heavy atom. The number of aromatic nitrogens is 4. The molecule has 4 N–H and O–H groups in total. The molecule has 1 saturated carbocycles. The standard InChI is InChI=1S/C30H36N6S.C2H2/c1-17-11-24(17)31-14-27-32-22-10-8-19(13-25(22)33-27)18-7-9-21-20(12-18)5-4-6-23-28(21)35-29(34-23)26-15-37(3)16-30(37,2)36-26;1-2/h7-10,12-13,17,24,26,31,36H,4-6,11,14-16H2,1-3H3,(H,32,33)(H,34,35);1-2H/t17?,24-,26+,30+;/m1./s1. The van der Waals surface area contributed by atoms with Gasteiger partial charge in [-0.2, -0.15) is 0 Å². The number of aromatic amines is 2. The molecule has 6 nitrogen and oxygen atoms in total. The first-order valence-electron chi connectivity index (χ1n) is 14.2. The molecule has 2 aromatic carbocycles. The zero-order chi connectivity index (χ0) is 26.9. The highest BCUT2D eigenvalue weighted by atomic mass is 32.3. The Balaban J connectivity index is 0.00000124. The number of terminal acetylenes is 1. The molecule has 202 valence electrons. The van der Waals surface area contributed by atoms with Crippen LogP contribution in [0.4, 0.5) is 0 Å². The third kappa shape index (κ3) is 4.21. The maximum Gasteiger partial charge on any atom is 0.125 e. The third-order valence-electron chi connectivity index (χ3n) is 9.47. The Kier molecular flexibility index (Phi) is 5.75. The van der Waals surface area contributed by atoms with Crippen molar-refractivity contribution in [3.8, 4) is 35.2 Å². The Morgan fingerprint density at radius 3 is 2.64 bits per heavy atom. The Hall–Kier alpha value is -3.05. The molecule has 0 spiro atoms. The Bertz CT molecular complexity index is 1580. The summed E-state index contributed by atoms with van der Waals surface area (Å²) < 4.78 is 0. The lowest BCUT2D eigenvalue weighted by Crippen LogP contribution is -2.29. The number of nitrogens with one attached hydrogen (secondary N) is 4. The quantitative estimate of drug-likeness (QED) is 0.195. The van der Waals surface area contributed by atoms with E-state index in [0.717, 1.165) is 54.4 Å². The van der Waals surface area contributed by atoms with Gasteiger partial charge in [-0.05, 0) is 73.6 Å². The molecule has 8 rings (SSSR count). The number of benzene rings is 2. The van der Waals surface area contributed by atoms with E-state index in [1.807, 2.05) is 0 Å². The summed E-state index contributed by atoms with van der Waals surface area (Å²) in [4.78, 5) is 17.7. The monoisotopic (exact) mass is 538 g/mol. The van der Waals surface area contributed by atoms with Crippen molar-refractivity contribution in [1.82, 2.24) is 30.6 Å². The van der Waals surface area contributed by atoms with Crippen LogP contribution < -0.4 is 10.6 Å². The van der Waals surface area contributed by atoms with Crippen LogP contribution in [0.5, 0.6) is 0 Å². The van der Waals surface area contributed by atoms with Gasteiger partial charge >= 0.3 is 0 Å². The van der Waals surface area contributed by atoms with Gasteiger partial charge in [0.25, 0.3) is 0 Å². The SMILES string of the molecule is C#C.CC1C[C@H]1NCc1nc2ccc(-c3ccc4c(c3)CCCc3[nH]c([C@@H]5CS6(C)C[C@@]6(C)N5)nc3-4)cc2[nH]1. The molecule has 4 aromatic rings. The van der Waals surface area contributed by atoms with Crippen LogP contribution in [0.1, 0.15) is 55.6 Å². The fraction of sp³-hybridized carbons (Fsp3) is 0.438. The van der Waals surface area contributed by atoms with Crippen molar-refractivity contribution in [2.45, 2.75) is 63.0 Å². The second-order valence-corrected chi connectivity index (χ2v) is 16.4. The molecule has 7 heteroatoms. The highest BCUT2D eigenvalue weighted by Crippen LogP contribution is 2.77. The predicted molar refractivity (Wildman–Crippen MR) is 163 cm³/mol. The minimum atomic E-state index is -0.485. The topological polar surface area (TPSA) is 81.4 Å². The summed E-state index contributed by atoms with van der Waals surface area (Å²) in [5.41, 5.74) is 9.85. The molecule has 2 aliphatic carbocycles. The van der Waals surface area contributed by atoms with Gasteiger partial charge in [-0.3, -0.25) is 5.32 Å². The van der Waals surface area contributed by atoms with Crippen LogP contribution in [0.15, 0.2) is 36.4 Å². The maximum atomic E-state index is 5.21. The lowest BCUT2D eigenvalue weighted by Gasteiger charge is -2.13. The fourth-order valence-corrected chi connectivity index (χ4v) is 10.5. The number of hydrogen-bond donors (Lipinski definition) is 4. The second kappa shape index (κ2) is 8.99. The van der Waals surface area contributed by atoms with Crippen molar-refractivity contribution in [3.63, 3.8) is 0 Å². The van der Waals surface area contributed by atoms with Crippen molar-refractivity contribution in [2.24, 2.45) is 5.92 Å². The van der Waals surface area contributed by atoms with Crippen LogP contribution >= 0.6 is 10.0 Å². The minimum absolute atomic E-state index is 0.373. The van der Waals surface area contributed by atoms with Crippen molar-refractivity contribution in [1.29, 1.82) is 0 Å². The summed E-state index contributed by atoms with van der Waals surface area (Å²) in [6.45, 7) is 5.51. The number of hydrogen-bond acceptors (Lipinski definition) is 4. The molecule has 2 unspecified atom stereocenters. The smallest absolute Gasteiger partial charge is 0.125 e. The number of rotatable bonds is 5. The molecule has 4 aliphatic rings. The average Bonchev–Trinajstić information content (AvgIpc) is 3.53. The molecular weight excluding hydrogens is 500 g/mol. The zero-order valence-corrected chi connectivity index (χ0v) is 23.9. The average molecular weight is 539 g/mol. The van der Waals surface area contributed by atoms with Crippen LogP contribution in [-0.2, 0) is 19.4 Å². The summed E-state index contributed by atoms with van der Waals surface area (Å²) in [5.74, 6) is 5.59. The summed E-state index contributed by atoms with van der Waals surface area (Å²) >= 11 is 0. The molecule has 0 radical (unpaired) electrons. The van der Waals surface area contributed by atoms with Crippen LogP contribution in [0.3, 0.4) is 0 Å². The highest BCUT2D eigenvalue weighted by Gasteiger charge is 2.63. The van der Waals surface area contributed by atoms with E-state index < -0.39 is 10.0 Å². The van der Waals surface area contributed by atoms with Crippen LogP contribution in [0.2, 0.25) is 0 Å². The molecule has 5 atom stereocenters. The van der Waals surface area contributed by atoms with E-state index in [2.05, 4.69) is 89.9 Å². The fourth-order valence-electron chi connectivity index (χ4n) is 6.76. The number of aryl methyl sites for hydroxylation is 2. The number of nitrogens with zero attached hydrogens (tertiary/aromatic N) is 2. The molecule has 4 heterocycles. The van der Waals surface area contributed by atoms with Crippen LogP contribution in [-0.4, -0.2) is 48.6 Å². The zero-order valence-electron chi connectivity index (χ0n) is 23.1. The van der Waals surface area contributed by atoms with E-state index in [-0.39, 0.29) is 0 Å². The first kappa shape index (κ1) is 25.0. The lowest BCUT2D eigenvalue weighted by molar-refractivity contribution is 0.514. The van der Waals surface area contributed by atoms with E-state index in [1.165, 1.54) is 51.6 Å². The molecule has 2 aromatic heterocycles. The second-order valence-electron chi connectivity index (χ2n) is 12.3. The van der Waals surface area contributed by atoms with E-state index in [1.54, 1.807) is 0 Å². The van der Waals surface area contributed by atoms with Crippen molar-refractivity contribution in [3.05, 3.63) is 59.3 Å². The highest BCUT2D eigenvalue weighted by molar-refractivity contribution is 8.40. The number of fused-ring (bicyclic) bond motifs is 5.